The normalized spacial score (nSPS) is 12.9. The number of nitrogens with one attached hydrogen (secondary N) is 3. The van der Waals surface area contributed by atoms with Gasteiger partial charge in [0.15, 0.2) is 0 Å². The molecule has 2 rings (SSSR count). The average Bonchev–Trinajstić information content (AvgIpc) is 2.71. The fraction of sp³-hybridized carbons (Fsp3) is 0.222. The molecule has 168 valence electrons. The first-order chi connectivity index (χ1) is 14.4. The number of carbonyl (C=O) groups excluding carboxylic acids is 2. The Labute approximate surface area is 179 Å². The Balaban J connectivity index is 2.04. The molecule has 10 nitrogen and oxygen atoms in total. The van der Waals surface area contributed by atoms with E-state index >= 15 is 0 Å². The summed E-state index contributed by atoms with van der Waals surface area (Å²) >= 11 is 0. The minimum Gasteiger partial charge on any atom is -0.271 e. The third-order valence-electron chi connectivity index (χ3n) is 4.03. The molecule has 0 fully saturated rings. The van der Waals surface area contributed by atoms with Gasteiger partial charge in [-0.2, -0.15) is 4.72 Å². The number of nitrogens with zero attached hydrogens (tertiary/aromatic N) is 1. The number of hydrazine groups is 1. The van der Waals surface area contributed by atoms with E-state index in [2.05, 4.69) is 5.43 Å². The maximum atomic E-state index is 13.7. The average molecular weight is 473 g/mol. The van der Waals surface area contributed by atoms with Gasteiger partial charge in [0, 0.05) is 19.7 Å². The molecule has 0 aliphatic carbocycles. The van der Waals surface area contributed by atoms with Crippen molar-refractivity contribution in [2.24, 2.45) is 0 Å². The van der Waals surface area contributed by atoms with Gasteiger partial charge in [-0.15, -0.1) is 0 Å². The lowest BCUT2D eigenvalue weighted by Crippen LogP contribution is -2.51. The van der Waals surface area contributed by atoms with Gasteiger partial charge in [-0.25, -0.2) is 25.5 Å². The molecule has 0 saturated carbocycles. The maximum Gasteiger partial charge on any atom is 0.269 e. The summed E-state index contributed by atoms with van der Waals surface area (Å²) in [5.74, 6) is -2.73. The number of halogens is 1. The SMILES string of the molecule is C[C@H](NS(=O)(=O)c1ccccc1F)C(=O)NNC(=O)c1cccc(S(=O)(=O)N(C)C)c1. The van der Waals surface area contributed by atoms with Gasteiger partial charge < -0.3 is 0 Å². The molecule has 0 saturated heterocycles. The smallest absolute Gasteiger partial charge is 0.269 e. The van der Waals surface area contributed by atoms with Crippen LogP contribution in [0.2, 0.25) is 0 Å². The van der Waals surface area contributed by atoms with Crippen molar-refractivity contribution in [1.82, 2.24) is 19.9 Å². The fourth-order valence-corrected chi connectivity index (χ4v) is 4.55. The van der Waals surface area contributed by atoms with Crippen molar-refractivity contribution >= 4 is 31.9 Å². The largest absolute Gasteiger partial charge is 0.271 e. The van der Waals surface area contributed by atoms with Crippen LogP contribution in [0.4, 0.5) is 4.39 Å². The fourth-order valence-electron chi connectivity index (χ4n) is 2.32. The minimum absolute atomic E-state index is 0.0529. The summed E-state index contributed by atoms with van der Waals surface area (Å²) in [5.41, 5.74) is 4.05. The number of carbonyl (C=O) groups is 2. The van der Waals surface area contributed by atoms with Crippen LogP contribution in [-0.4, -0.2) is 53.1 Å². The van der Waals surface area contributed by atoms with Crippen molar-refractivity contribution in [2.45, 2.75) is 22.8 Å². The van der Waals surface area contributed by atoms with Crippen molar-refractivity contribution in [3.63, 3.8) is 0 Å². The Kier molecular flexibility index (Phi) is 7.49. The van der Waals surface area contributed by atoms with E-state index in [1.165, 1.54) is 51.4 Å². The second-order valence-electron chi connectivity index (χ2n) is 6.53. The van der Waals surface area contributed by atoms with E-state index in [1.807, 2.05) is 10.1 Å². The van der Waals surface area contributed by atoms with E-state index in [4.69, 9.17) is 0 Å². The summed E-state index contributed by atoms with van der Waals surface area (Å²) in [6, 6.07) is 8.42. The first-order valence-corrected chi connectivity index (χ1v) is 11.7. The van der Waals surface area contributed by atoms with E-state index < -0.39 is 48.6 Å². The Morgan fingerprint density at radius 1 is 0.968 bits per heavy atom. The molecule has 0 aromatic heterocycles. The standard InChI is InChI=1S/C18H21FN4O6S2/c1-12(22-30(26,27)16-10-5-4-9-15(16)19)17(24)20-21-18(25)13-7-6-8-14(11-13)31(28,29)23(2)3/h4-12,22H,1-3H3,(H,20,24)(H,21,25)/t12-/m0/s1. The molecule has 1 atom stereocenters. The molecule has 2 aromatic carbocycles. The highest BCUT2D eigenvalue weighted by atomic mass is 32.2. The summed E-state index contributed by atoms with van der Waals surface area (Å²) in [7, 11) is -5.42. The second-order valence-corrected chi connectivity index (χ2v) is 10.4. The number of hydrogen-bond donors (Lipinski definition) is 3. The molecule has 3 N–H and O–H groups in total. The van der Waals surface area contributed by atoms with Crippen LogP contribution in [0.15, 0.2) is 58.3 Å². The lowest BCUT2D eigenvalue weighted by molar-refractivity contribution is -0.123. The van der Waals surface area contributed by atoms with Gasteiger partial charge in [0.05, 0.1) is 10.9 Å². The predicted molar refractivity (Wildman–Crippen MR) is 109 cm³/mol. The van der Waals surface area contributed by atoms with Gasteiger partial charge in [-0.3, -0.25) is 20.4 Å². The van der Waals surface area contributed by atoms with Crippen molar-refractivity contribution in [3.05, 3.63) is 59.9 Å². The molecule has 0 bridgehead atoms. The van der Waals surface area contributed by atoms with Crippen LogP contribution in [0.25, 0.3) is 0 Å². The molecular formula is C18H21FN4O6S2. The van der Waals surface area contributed by atoms with Crippen LogP contribution in [0.3, 0.4) is 0 Å². The summed E-state index contributed by atoms with van der Waals surface area (Å²) in [5, 5.41) is 0. The lowest BCUT2D eigenvalue weighted by atomic mass is 10.2. The van der Waals surface area contributed by atoms with Crippen LogP contribution in [-0.2, 0) is 24.8 Å². The molecule has 2 aromatic rings. The summed E-state index contributed by atoms with van der Waals surface area (Å²) in [6.45, 7) is 1.20. The highest BCUT2D eigenvalue weighted by Crippen LogP contribution is 2.15. The molecule has 0 spiro atoms. The molecule has 0 aliphatic rings. The first-order valence-electron chi connectivity index (χ1n) is 8.76. The summed E-state index contributed by atoms with van der Waals surface area (Å²) < 4.78 is 65.5. The number of hydrogen-bond acceptors (Lipinski definition) is 6. The molecule has 0 radical (unpaired) electrons. The van der Waals surface area contributed by atoms with E-state index in [9.17, 15) is 30.8 Å². The molecule has 0 aliphatic heterocycles. The lowest BCUT2D eigenvalue weighted by Gasteiger charge is -2.15. The van der Waals surface area contributed by atoms with E-state index in [0.717, 1.165) is 22.5 Å². The monoisotopic (exact) mass is 472 g/mol. The van der Waals surface area contributed by atoms with Crippen LogP contribution in [0.5, 0.6) is 0 Å². The van der Waals surface area contributed by atoms with Crippen molar-refractivity contribution in [1.29, 1.82) is 0 Å². The summed E-state index contributed by atoms with van der Waals surface area (Å²) in [6.07, 6.45) is 0. The zero-order valence-electron chi connectivity index (χ0n) is 16.8. The second kappa shape index (κ2) is 9.51. The molecule has 2 amide bonds. The van der Waals surface area contributed by atoms with Crippen molar-refractivity contribution in [3.8, 4) is 0 Å². The highest BCUT2D eigenvalue weighted by molar-refractivity contribution is 7.89. The van der Waals surface area contributed by atoms with Gasteiger partial charge >= 0.3 is 0 Å². The van der Waals surface area contributed by atoms with Gasteiger partial charge in [0.2, 0.25) is 20.0 Å². The first kappa shape index (κ1) is 24.4. The zero-order chi connectivity index (χ0) is 23.4. The van der Waals surface area contributed by atoms with E-state index in [0.29, 0.717) is 0 Å². The third kappa shape index (κ3) is 5.85. The minimum atomic E-state index is -4.33. The van der Waals surface area contributed by atoms with Crippen LogP contribution >= 0.6 is 0 Å². The molecule has 0 heterocycles. The Morgan fingerprint density at radius 3 is 2.23 bits per heavy atom. The number of benzene rings is 2. The van der Waals surface area contributed by atoms with Crippen molar-refractivity contribution in [2.75, 3.05) is 14.1 Å². The van der Waals surface area contributed by atoms with Gasteiger partial charge in [0.25, 0.3) is 11.8 Å². The third-order valence-corrected chi connectivity index (χ3v) is 7.41. The number of sulfonamides is 2. The van der Waals surface area contributed by atoms with Crippen LogP contribution in [0, 0.1) is 5.82 Å². The van der Waals surface area contributed by atoms with Gasteiger partial charge in [-0.1, -0.05) is 18.2 Å². The molecular weight excluding hydrogens is 451 g/mol. The van der Waals surface area contributed by atoms with E-state index in [1.54, 1.807) is 0 Å². The van der Waals surface area contributed by atoms with Gasteiger partial charge in [0.1, 0.15) is 10.7 Å². The Hall–Kier alpha value is -2.87. The van der Waals surface area contributed by atoms with E-state index in [-0.39, 0.29) is 10.5 Å². The molecule has 31 heavy (non-hydrogen) atoms. The topological polar surface area (TPSA) is 142 Å². The Bertz CT molecular complexity index is 1200. The number of rotatable bonds is 7. The molecule has 0 unspecified atom stereocenters. The van der Waals surface area contributed by atoms with Crippen LogP contribution in [0.1, 0.15) is 17.3 Å². The molecule has 13 heteroatoms. The zero-order valence-corrected chi connectivity index (χ0v) is 18.4. The van der Waals surface area contributed by atoms with Crippen molar-refractivity contribution < 1.29 is 30.8 Å². The number of amides is 2. The van der Waals surface area contributed by atoms with Crippen LogP contribution < -0.4 is 15.6 Å². The predicted octanol–water partition coefficient (Wildman–Crippen LogP) is 0.204. The summed E-state index contributed by atoms with van der Waals surface area (Å²) in [4.78, 5) is 23.6. The highest BCUT2D eigenvalue weighted by Gasteiger charge is 2.25. The maximum absolute atomic E-state index is 13.7. The Morgan fingerprint density at radius 2 is 1.61 bits per heavy atom. The quantitative estimate of drug-likeness (QED) is 0.492. The van der Waals surface area contributed by atoms with Gasteiger partial charge in [-0.05, 0) is 37.3 Å².